The summed E-state index contributed by atoms with van der Waals surface area (Å²) in [5.41, 5.74) is 0.877. The first-order valence-electron chi connectivity index (χ1n) is 6.88. The Labute approximate surface area is 123 Å². The summed E-state index contributed by atoms with van der Waals surface area (Å²) in [5, 5.41) is 0. The van der Waals surface area contributed by atoms with Gasteiger partial charge < -0.3 is 14.5 Å². The SMILES string of the molecule is COc1ccc(N2CCN(c3ncccn3)CC2)cc1F. The van der Waals surface area contributed by atoms with Gasteiger partial charge in [-0.05, 0) is 18.2 Å². The third-order valence-corrected chi connectivity index (χ3v) is 3.62. The summed E-state index contributed by atoms with van der Waals surface area (Å²) >= 11 is 0. The van der Waals surface area contributed by atoms with E-state index in [1.165, 1.54) is 13.2 Å². The number of nitrogens with zero attached hydrogens (tertiary/aromatic N) is 4. The highest BCUT2D eigenvalue weighted by molar-refractivity contribution is 5.51. The molecule has 21 heavy (non-hydrogen) atoms. The standard InChI is InChI=1S/C15H17FN4O/c1-21-14-4-3-12(11-13(14)16)19-7-9-20(10-8-19)15-17-5-2-6-18-15/h2-6,11H,7-10H2,1H3. The number of benzene rings is 1. The molecule has 6 heteroatoms. The molecule has 0 radical (unpaired) electrons. The predicted molar refractivity (Wildman–Crippen MR) is 79.4 cm³/mol. The maximum absolute atomic E-state index is 13.8. The van der Waals surface area contributed by atoms with E-state index in [1.807, 2.05) is 6.07 Å². The fourth-order valence-electron chi connectivity index (χ4n) is 2.47. The molecular formula is C15H17FN4O. The molecule has 0 spiro atoms. The third-order valence-electron chi connectivity index (χ3n) is 3.62. The van der Waals surface area contributed by atoms with E-state index in [1.54, 1.807) is 24.5 Å². The van der Waals surface area contributed by atoms with Crippen molar-refractivity contribution in [3.05, 3.63) is 42.5 Å². The van der Waals surface area contributed by atoms with Crippen LogP contribution in [0.3, 0.4) is 0 Å². The van der Waals surface area contributed by atoms with Gasteiger partial charge in [0.2, 0.25) is 5.95 Å². The maximum atomic E-state index is 13.8. The smallest absolute Gasteiger partial charge is 0.225 e. The molecule has 1 saturated heterocycles. The largest absolute Gasteiger partial charge is 0.494 e. The molecule has 1 aliphatic heterocycles. The minimum Gasteiger partial charge on any atom is -0.494 e. The van der Waals surface area contributed by atoms with Gasteiger partial charge in [-0.3, -0.25) is 0 Å². The summed E-state index contributed by atoms with van der Waals surface area (Å²) in [5.74, 6) is 0.692. The number of methoxy groups -OCH3 is 1. The van der Waals surface area contributed by atoms with E-state index in [4.69, 9.17) is 4.74 Å². The van der Waals surface area contributed by atoms with Gasteiger partial charge in [0.15, 0.2) is 11.6 Å². The van der Waals surface area contributed by atoms with Crippen LogP contribution in [-0.2, 0) is 0 Å². The van der Waals surface area contributed by atoms with Gasteiger partial charge in [0.05, 0.1) is 7.11 Å². The molecular weight excluding hydrogens is 271 g/mol. The highest BCUT2D eigenvalue weighted by atomic mass is 19.1. The molecule has 1 aromatic carbocycles. The van der Waals surface area contributed by atoms with E-state index >= 15 is 0 Å². The lowest BCUT2D eigenvalue weighted by atomic mass is 10.2. The minimum absolute atomic E-state index is 0.273. The Balaban J connectivity index is 1.67. The number of hydrogen-bond acceptors (Lipinski definition) is 5. The molecule has 1 fully saturated rings. The van der Waals surface area contributed by atoms with E-state index < -0.39 is 0 Å². The zero-order chi connectivity index (χ0) is 14.7. The molecule has 2 heterocycles. The molecule has 3 rings (SSSR count). The minimum atomic E-state index is -0.330. The van der Waals surface area contributed by atoms with Crippen LogP contribution in [0.4, 0.5) is 16.0 Å². The van der Waals surface area contributed by atoms with Gasteiger partial charge in [-0.2, -0.15) is 0 Å². The molecule has 2 aromatic rings. The average Bonchev–Trinajstić information content (AvgIpc) is 2.56. The first-order valence-corrected chi connectivity index (χ1v) is 6.88. The van der Waals surface area contributed by atoms with Crippen LogP contribution in [0.15, 0.2) is 36.7 Å². The fourth-order valence-corrected chi connectivity index (χ4v) is 2.47. The van der Waals surface area contributed by atoms with Gasteiger partial charge in [-0.1, -0.05) is 0 Å². The summed E-state index contributed by atoms with van der Waals surface area (Å²) in [6, 6.07) is 6.88. The lowest BCUT2D eigenvalue weighted by Crippen LogP contribution is -2.47. The van der Waals surface area contributed by atoms with Crippen molar-refractivity contribution >= 4 is 11.6 Å². The molecule has 110 valence electrons. The molecule has 0 unspecified atom stereocenters. The maximum Gasteiger partial charge on any atom is 0.225 e. The summed E-state index contributed by atoms with van der Waals surface area (Å²) in [6.45, 7) is 3.25. The number of ether oxygens (including phenoxy) is 1. The van der Waals surface area contributed by atoms with Gasteiger partial charge >= 0.3 is 0 Å². The van der Waals surface area contributed by atoms with Gasteiger partial charge in [-0.15, -0.1) is 0 Å². The molecule has 0 atom stereocenters. The van der Waals surface area contributed by atoms with Crippen LogP contribution >= 0.6 is 0 Å². The van der Waals surface area contributed by atoms with Gasteiger partial charge in [0, 0.05) is 50.3 Å². The zero-order valence-electron chi connectivity index (χ0n) is 11.9. The highest BCUT2D eigenvalue weighted by Gasteiger charge is 2.19. The first-order chi connectivity index (χ1) is 10.3. The number of aromatic nitrogens is 2. The second-order valence-electron chi connectivity index (χ2n) is 4.84. The Morgan fingerprint density at radius 3 is 2.33 bits per heavy atom. The Morgan fingerprint density at radius 1 is 1.05 bits per heavy atom. The Bertz CT molecular complexity index is 600. The van der Waals surface area contributed by atoms with Crippen molar-refractivity contribution in [1.29, 1.82) is 0 Å². The van der Waals surface area contributed by atoms with Crippen LogP contribution in [0.1, 0.15) is 0 Å². The molecule has 5 nitrogen and oxygen atoms in total. The fraction of sp³-hybridized carbons (Fsp3) is 0.333. The summed E-state index contributed by atoms with van der Waals surface area (Å²) in [6.07, 6.45) is 3.49. The molecule has 1 aliphatic rings. The third kappa shape index (κ3) is 2.89. The van der Waals surface area contributed by atoms with Crippen LogP contribution in [0, 0.1) is 5.82 Å². The second-order valence-corrected chi connectivity index (χ2v) is 4.84. The van der Waals surface area contributed by atoms with Crippen LogP contribution in [0.5, 0.6) is 5.75 Å². The lowest BCUT2D eigenvalue weighted by molar-refractivity contribution is 0.386. The van der Waals surface area contributed by atoms with E-state index in [2.05, 4.69) is 19.8 Å². The van der Waals surface area contributed by atoms with E-state index in [-0.39, 0.29) is 11.6 Å². The van der Waals surface area contributed by atoms with E-state index in [0.717, 1.165) is 37.8 Å². The molecule has 1 aromatic heterocycles. The van der Waals surface area contributed by atoms with Gasteiger partial charge in [-0.25, -0.2) is 14.4 Å². The van der Waals surface area contributed by atoms with Crippen molar-refractivity contribution < 1.29 is 9.13 Å². The second kappa shape index (κ2) is 5.95. The quantitative estimate of drug-likeness (QED) is 0.863. The Kier molecular flexibility index (Phi) is 3.85. The van der Waals surface area contributed by atoms with Crippen molar-refractivity contribution in [2.75, 3.05) is 43.1 Å². The van der Waals surface area contributed by atoms with Gasteiger partial charge in [0.1, 0.15) is 0 Å². The Hall–Kier alpha value is -2.37. The van der Waals surface area contributed by atoms with Crippen molar-refractivity contribution in [3.63, 3.8) is 0 Å². The molecule has 0 bridgehead atoms. The topological polar surface area (TPSA) is 41.5 Å². The van der Waals surface area contributed by atoms with Crippen LogP contribution < -0.4 is 14.5 Å². The predicted octanol–water partition coefficient (Wildman–Crippen LogP) is 1.95. The van der Waals surface area contributed by atoms with Crippen LogP contribution in [-0.4, -0.2) is 43.3 Å². The number of anilines is 2. The van der Waals surface area contributed by atoms with E-state index in [0.29, 0.717) is 0 Å². The molecule has 0 saturated carbocycles. The number of rotatable bonds is 3. The van der Waals surface area contributed by atoms with Gasteiger partial charge in [0.25, 0.3) is 0 Å². The van der Waals surface area contributed by atoms with Crippen molar-refractivity contribution in [2.45, 2.75) is 0 Å². The first kappa shape index (κ1) is 13.6. The average molecular weight is 288 g/mol. The summed E-state index contributed by atoms with van der Waals surface area (Å²) in [4.78, 5) is 12.8. The van der Waals surface area contributed by atoms with Crippen molar-refractivity contribution in [1.82, 2.24) is 9.97 Å². The number of halogens is 1. The molecule has 0 amide bonds. The normalized spacial score (nSPS) is 15.1. The number of hydrogen-bond donors (Lipinski definition) is 0. The summed E-state index contributed by atoms with van der Waals surface area (Å²) in [7, 11) is 1.47. The van der Waals surface area contributed by atoms with Crippen LogP contribution in [0.25, 0.3) is 0 Å². The lowest BCUT2D eigenvalue weighted by Gasteiger charge is -2.36. The highest BCUT2D eigenvalue weighted by Crippen LogP contribution is 2.24. The van der Waals surface area contributed by atoms with Crippen LogP contribution in [0.2, 0.25) is 0 Å². The van der Waals surface area contributed by atoms with Crippen molar-refractivity contribution in [3.8, 4) is 5.75 Å². The molecule has 0 N–H and O–H groups in total. The van der Waals surface area contributed by atoms with E-state index in [9.17, 15) is 4.39 Å². The van der Waals surface area contributed by atoms with Crippen molar-refractivity contribution in [2.24, 2.45) is 0 Å². The summed E-state index contributed by atoms with van der Waals surface area (Å²) < 4.78 is 18.7. The Morgan fingerprint density at radius 2 is 1.71 bits per heavy atom. The zero-order valence-corrected chi connectivity index (χ0v) is 11.9. The monoisotopic (exact) mass is 288 g/mol. The molecule has 0 aliphatic carbocycles. The number of piperazine rings is 1.